The number of amides is 1. The van der Waals surface area contributed by atoms with E-state index in [0.29, 0.717) is 12.1 Å². The van der Waals surface area contributed by atoms with Crippen molar-refractivity contribution >= 4 is 16.8 Å². The summed E-state index contributed by atoms with van der Waals surface area (Å²) < 4.78 is 2.09. The summed E-state index contributed by atoms with van der Waals surface area (Å²) >= 11 is 0. The number of carbonyl (C=O) groups is 1. The molecule has 2 aromatic heterocycles. The predicted molar refractivity (Wildman–Crippen MR) is 99.9 cm³/mol. The van der Waals surface area contributed by atoms with Crippen LogP contribution in [0.1, 0.15) is 39.4 Å². The number of aryl methyl sites for hydroxylation is 5. The Morgan fingerprint density at radius 3 is 2.72 bits per heavy atom. The SMILES string of the molecule is Cc1cc(C(=O)NCCCn2ccnc2C)c2ccc(C)c(C)c2n1. The van der Waals surface area contributed by atoms with Gasteiger partial charge in [0.1, 0.15) is 5.82 Å². The van der Waals surface area contributed by atoms with E-state index in [2.05, 4.69) is 33.7 Å². The lowest BCUT2D eigenvalue weighted by Gasteiger charge is -2.12. The summed E-state index contributed by atoms with van der Waals surface area (Å²) in [7, 11) is 0. The molecule has 0 saturated carbocycles. The van der Waals surface area contributed by atoms with Gasteiger partial charge in [-0.05, 0) is 51.3 Å². The number of fused-ring (bicyclic) bond motifs is 1. The van der Waals surface area contributed by atoms with Crippen molar-refractivity contribution < 1.29 is 4.79 Å². The van der Waals surface area contributed by atoms with Gasteiger partial charge in [-0.3, -0.25) is 9.78 Å². The molecule has 3 aromatic rings. The van der Waals surface area contributed by atoms with Gasteiger partial charge < -0.3 is 9.88 Å². The smallest absolute Gasteiger partial charge is 0.252 e. The van der Waals surface area contributed by atoms with Gasteiger partial charge in [-0.15, -0.1) is 0 Å². The van der Waals surface area contributed by atoms with E-state index in [1.54, 1.807) is 6.20 Å². The first-order valence-electron chi connectivity index (χ1n) is 8.61. The molecule has 0 aliphatic rings. The summed E-state index contributed by atoms with van der Waals surface area (Å²) in [5.41, 5.74) is 4.79. The van der Waals surface area contributed by atoms with Crippen molar-refractivity contribution in [3.63, 3.8) is 0 Å². The van der Waals surface area contributed by atoms with Crippen molar-refractivity contribution in [3.8, 4) is 0 Å². The standard InChI is InChI=1S/C20H24N4O/c1-13-6-7-17-18(12-14(2)23-19(17)15(13)3)20(25)22-8-5-10-24-11-9-21-16(24)4/h6-7,9,11-12H,5,8,10H2,1-4H3,(H,22,25). The molecule has 0 fully saturated rings. The van der Waals surface area contributed by atoms with Gasteiger partial charge in [-0.25, -0.2) is 4.98 Å². The van der Waals surface area contributed by atoms with Crippen molar-refractivity contribution in [2.24, 2.45) is 0 Å². The van der Waals surface area contributed by atoms with Gasteiger partial charge in [0, 0.05) is 36.6 Å². The summed E-state index contributed by atoms with van der Waals surface area (Å²) in [6, 6.07) is 5.91. The third kappa shape index (κ3) is 3.55. The topological polar surface area (TPSA) is 59.8 Å². The first-order chi connectivity index (χ1) is 12.0. The van der Waals surface area contributed by atoms with E-state index < -0.39 is 0 Å². The van der Waals surface area contributed by atoms with Crippen LogP contribution in [-0.4, -0.2) is 27.0 Å². The highest BCUT2D eigenvalue weighted by Gasteiger charge is 2.13. The Hall–Kier alpha value is -2.69. The summed E-state index contributed by atoms with van der Waals surface area (Å²) in [5.74, 6) is 0.953. The molecule has 3 rings (SSSR count). The highest BCUT2D eigenvalue weighted by atomic mass is 16.1. The van der Waals surface area contributed by atoms with E-state index in [1.807, 2.05) is 38.2 Å². The number of hydrogen-bond donors (Lipinski definition) is 1. The number of hydrogen-bond acceptors (Lipinski definition) is 3. The number of nitrogens with zero attached hydrogens (tertiary/aromatic N) is 3. The minimum absolute atomic E-state index is 0.0406. The van der Waals surface area contributed by atoms with Crippen molar-refractivity contribution in [2.45, 2.75) is 40.7 Å². The van der Waals surface area contributed by atoms with E-state index in [1.165, 1.54) is 5.56 Å². The lowest BCUT2D eigenvalue weighted by Crippen LogP contribution is -2.25. The predicted octanol–water partition coefficient (Wildman–Crippen LogP) is 3.49. The molecular weight excluding hydrogens is 312 g/mol. The van der Waals surface area contributed by atoms with Crippen LogP contribution in [0.5, 0.6) is 0 Å². The quantitative estimate of drug-likeness (QED) is 0.726. The molecule has 0 atom stereocenters. The monoisotopic (exact) mass is 336 g/mol. The largest absolute Gasteiger partial charge is 0.352 e. The maximum Gasteiger partial charge on any atom is 0.252 e. The minimum atomic E-state index is -0.0406. The molecule has 0 spiro atoms. The zero-order valence-electron chi connectivity index (χ0n) is 15.3. The van der Waals surface area contributed by atoms with Crippen molar-refractivity contribution in [1.82, 2.24) is 19.9 Å². The number of pyridine rings is 1. The highest BCUT2D eigenvalue weighted by Crippen LogP contribution is 2.23. The van der Waals surface area contributed by atoms with Crippen LogP contribution < -0.4 is 5.32 Å². The molecule has 0 aliphatic carbocycles. The Bertz CT molecular complexity index is 927. The second kappa shape index (κ2) is 7.05. The van der Waals surface area contributed by atoms with Gasteiger partial charge in [-0.1, -0.05) is 12.1 Å². The number of benzene rings is 1. The lowest BCUT2D eigenvalue weighted by atomic mass is 10.0. The molecule has 1 amide bonds. The minimum Gasteiger partial charge on any atom is -0.352 e. The molecule has 0 unspecified atom stereocenters. The molecule has 130 valence electrons. The van der Waals surface area contributed by atoms with Gasteiger partial charge in [0.2, 0.25) is 0 Å². The number of carbonyl (C=O) groups excluding carboxylic acids is 1. The van der Waals surface area contributed by atoms with Crippen LogP contribution in [0.15, 0.2) is 30.6 Å². The third-order valence-electron chi connectivity index (χ3n) is 4.66. The van der Waals surface area contributed by atoms with Gasteiger partial charge >= 0.3 is 0 Å². The zero-order valence-corrected chi connectivity index (χ0v) is 15.3. The fourth-order valence-electron chi connectivity index (χ4n) is 3.03. The average molecular weight is 336 g/mol. The van der Waals surface area contributed by atoms with Crippen LogP contribution in [0.4, 0.5) is 0 Å². The molecule has 0 saturated heterocycles. The number of rotatable bonds is 5. The lowest BCUT2D eigenvalue weighted by molar-refractivity contribution is 0.0954. The van der Waals surface area contributed by atoms with Crippen LogP contribution >= 0.6 is 0 Å². The Balaban J connectivity index is 1.74. The Kier molecular flexibility index (Phi) is 4.83. The number of aromatic nitrogens is 3. The van der Waals surface area contributed by atoms with Gasteiger partial charge in [0.25, 0.3) is 5.91 Å². The Labute approximate surface area is 148 Å². The van der Waals surface area contributed by atoms with Crippen LogP contribution in [0, 0.1) is 27.7 Å². The zero-order chi connectivity index (χ0) is 18.0. The fraction of sp³-hybridized carbons (Fsp3) is 0.350. The van der Waals surface area contributed by atoms with Gasteiger partial charge in [-0.2, -0.15) is 0 Å². The first-order valence-corrected chi connectivity index (χ1v) is 8.61. The number of imidazole rings is 1. The summed E-state index contributed by atoms with van der Waals surface area (Å²) in [6.45, 7) is 9.51. The summed E-state index contributed by atoms with van der Waals surface area (Å²) in [4.78, 5) is 21.5. The van der Waals surface area contributed by atoms with Crippen molar-refractivity contribution in [3.05, 3.63) is 58.8 Å². The molecule has 2 heterocycles. The maximum absolute atomic E-state index is 12.7. The highest BCUT2D eigenvalue weighted by molar-refractivity contribution is 6.07. The van der Waals surface area contributed by atoms with Crippen LogP contribution in [0.3, 0.4) is 0 Å². The first kappa shape index (κ1) is 17.1. The molecular formula is C20H24N4O. The summed E-state index contributed by atoms with van der Waals surface area (Å²) in [6.07, 6.45) is 4.62. The average Bonchev–Trinajstić information content (AvgIpc) is 2.99. The molecule has 5 nitrogen and oxygen atoms in total. The van der Waals surface area contributed by atoms with E-state index in [0.717, 1.165) is 41.0 Å². The van der Waals surface area contributed by atoms with Crippen molar-refractivity contribution in [2.75, 3.05) is 6.54 Å². The molecule has 25 heavy (non-hydrogen) atoms. The van der Waals surface area contributed by atoms with E-state index >= 15 is 0 Å². The number of nitrogens with one attached hydrogen (secondary N) is 1. The third-order valence-corrected chi connectivity index (χ3v) is 4.66. The maximum atomic E-state index is 12.7. The van der Waals surface area contributed by atoms with Gasteiger partial charge in [0.05, 0.1) is 11.1 Å². The second-order valence-corrected chi connectivity index (χ2v) is 6.49. The van der Waals surface area contributed by atoms with Crippen LogP contribution in [-0.2, 0) is 6.54 Å². The molecule has 0 aliphatic heterocycles. The molecule has 1 N–H and O–H groups in total. The fourth-order valence-corrected chi connectivity index (χ4v) is 3.03. The van der Waals surface area contributed by atoms with E-state index in [4.69, 9.17) is 0 Å². The van der Waals surface area contributed by atoms with E-state index in [9.17, 15) is 4.79 Å². The van der Waals surface area contributed by atoms with Gasteiger partial charge in [0.15, 0.2) is 0 Å². The molecule has 0 radical (unpaired) electrons. The summed E-state index contributed by atoms with van der Waals surface area (Å²) in [5, 5.41) is 3.95. The molecule has 1 aromatic carbocycles. The Morgan fingerprint density at radius 2 is 2.00 bits per heavy atom. The molecule has 0 bridgehead atoms. The normalized spacial score (nSPS) is 11.0. The second-order valence-electron chi connectivity index (χ2n) is 6.49. The van der Waals surface area contributed by atoms with Crippen LogP contribution in [0.2, 0.25) is 0 Å². The van der Waals surface area contributed by atoms with Crippen LogP contribution in [0.25, 0.3) is 10.9 Å². The Morgan fingerprint density at radius 1 is 1.20 bits per heavy atom. The van der Waals surface area contributed by atoms with E-state index in [-0.39, 0.29) is 5.91 Å². The van der Waals surface area contributed by atoms with Crippen molar-refractivity contribution in [1.29, 1.82) is 0 Å². The molecule has 5 heteroatoms.